The van der Waals surface area contributed by atoms with Crippen LogP contribution in [0.5, 0.6) is 0 Å². The molecule has 0 aromatic heterocycles. The van der Waals surface area contributed by atoms with Crippen LogP contribution in [0, 0.1) is 0 Å². The smallest absolute Gasteiger partial charge is 0.420 e. The van der Waals surface area contributed by atoms with Crippen LogP contribution in [0.1, 0.15) is 0 Å². The van der Waals surface area contributed by atoms with Crippen LogP contribution in [0.15, 0.2) is 0 Å². The zero-order valence-electron chi connectivity index (χ0n) is 12.6. The van der Waals surface area contributed by atoms with E-state index < -0.39 is 33.1 Å². The first-order valence-corrected chi connectivity index (χ1v) is 18.9. The lowest BCUT2D eigenvalue weighted by Crippen LogP contribution is -2.54. The lowest BCUT2D eigenvalue weighted by atomic mass is 11.8. The Morgan fingerprint density at radius 1 is 0.588 bits per heavy atom. The molecular formula is C9H27ClO3Si4. The van der Waals surface area contributed by atoms with E-state index in [0.717, 1.165) is 0 Å². The molecule has 8 heteroatoms. The molecule has 0 N–H and O–H groups in total. The van der Waals surface area contributed by atoms with Gasteiger partial charge < -0.3 is 12.3 Å². The van der Waals surface area contributed by atoms with Crippen molar-refractivity contribution in [3.63, 3.8) is 0 Å². The van der Waals surface area contributed by atoms with Crippen molar-refractivity contribution in [1.82, 2.24) is 0 Å². The average Bonchev–Trinajstić information content (AvgIpc) is 1.65. The molecule has 0 aliphatic carbocycles. The molecule has 1 unspecified atom stereocenters. The van der Waals surface area contributed by atoms with Crippen LogP contribution in [0.4, 0.5) is 0 Å². The Bertz CT molecular complexity index is 232. The van der Waals surface area contributed by atoms with Crippen LogP contribution in [0.25, 0.3) is 0 Å². The first kappa shape index (κ1) is 18.0. The lowest BCUT2D eigenvalue weighted by molar-refractivity contribution is 0.344. The monoisotopic (exact) mass is 330 g/mol. The molecule has 0 heterocycles. The van der Waals surface area contributed by atoms with E-state index >= 15 is 0 Å². The number of halogens is 1. The predicted molar refractivity (Wildman–Crippen MR) is 84.9 cm³/mol. The Hall–Kier alpha value is 1.04. The van der Waals surface area contributed by atoms with Gasteiger partial charge in [-0.3, -0.25) is 0 Å². The van der Waals surface area contributed by atoms with Gasteiger partial charge >= 0.3 is 16.4 Å². The topological polar surface area (TPSA) is 27.7 Å². The molecular weight excluding hydrogens is 304 g/mol. The fourth-order valence-electron chi connectivity index (χ4n) is 1.76. The van der Waals surface area contributed by atoms with Gasteiger partial charge in [0.2, 0.25) is 0 Å². The summed E-state index contributed by atoms with van der Waals surface area (Å²) in [5.41, 5.74) is 0. The lowest BCUT2D eigenvalue weighted by Gasteiger charge is -2.37. The van der Waals surface area contributed by atoms with E-state index in [1.165, 1.54) is 0 Å². The molecule has 0 amide bonds. The molecule has 3 nitrogen and oxygen atoms in total. The van der Waals surface area contributed by atoms with E-state index in [1.54, 1.807) is 0 Å². The van der Waals surface area contributed by atoms with Crippen LogP contribution in [0.2, 0.25) is 58.9 Å². The molecule has 0 saturated carbocycles. The molecule has 0 aromatic carbocycles. The molecule has 0 fully saturated rings. The van der Waals surface area contributed by atoms with E-state index in [4.69, 9.17) is 23.4 Å². The quantitative estimate of drug-likeness (QED) is 0.539. The molecule has 0 bridgehead atoms. The van der Waals surface area contributed by atoms with Crippen LogP contribution >= 0.6 is 11.1 Å². The van der Waals surface area contributed by atoms with Gasteiger partial charge in [-0.1, -0.05) is 0 Å². The maximum absolute atomic E-state index is 6.43. The molecule has 0 aliphatic rings. The summed E-state index contributed by atoms with van der Waals surface area (Å²) in [5.74, 6) is 0. The minimum absolute atomic E-state index is 1.59. The Labute approximate surface area is 115 Å². The van der Waals surface area contributed by atoms with Crippen molar-refractivity contribution in [3.8, 4) is 0 Å². The number of hydrogen-bond donors (Lipinski definition) is 0. The highest BCUT2D eigenvalue weighted by atomic mass is 35.6. The predicted octanol–water partition coefficient (Wildman–Crippen LogP) is 4.22. The van der Waals surface area contributed by atoms with Gasteiger partial charge in [0.15, 0.2) is 16.6 Å². The largest absolute Gasteiger partial charge is 0.437 e. The van der Waals surface area contributed by atoms with Crippen LogP contribution in [-0.2, 0) is 12.3 Å². The highest BCUT2D eigenvalue weighted by Gasteiger charge is 2.43. The van der Waals surface area contributed by atoms with E-state index in [1.807, 2.05) is 19.6 Å². The van der Waals surface area contributed by atoms with E-state index in [0.29, 0.717) is 0 Å². The molecule has 0 aromatic rings. The van der Waals surface area contributed by atoms with Crippen molar-refractivity contribution in [3.05, 3.63) is 0 Å². The van der Waals surface area contributed by atoms with E-state index in [-0.39, 0.29) is 0 Å². The minimum atomic E-state index is -2.58. The fraction of sp³-hybridized carbons (Fsp3) is 1.00. The van der Waals surface area contributed by atoms with Crippen LogP contribution < -0.4 is 0 Å². The summed E-state index contributed by atoms with van der Waals surface area (Å²) in [6.07, 6.45) is 0. The Morgan fingerprint density at radius 3 is 1.24 bits per heavy atom. The Kier molecular flexibility index (Phi) is 5.91. The summed E-state index contributed by atoms with van der Waals surface area (Å²) in [5, 5.41) is 0. The summed E-state index contributed by atoms with van der Waals surface area (Å²) >= 11 is 6.43. The first-order valence-electron chi connectivity index (χ1n) is 5.91. The number of hydrogen-bond acceptors (Lipinski definition) is 3. The van der Waals surface area contributed by atoms with Gasteiger partial charge in [-0.15, -0.1) is 11.1 Å². The van der Waals surface area contributed by atoms with Crippen molar-refractivity contribution >= 4 is 44.1 Å². The summed E-state index contributed by atoms with van der Waals surface area (Å²) < 4.78 is 18.1. The van der Waals surface area contributed by atoms with Gasteiger partial charge in [-0.2, -0.15) is 0 Å². The van der Waals surface area contributed by atoms with Gasteiger partial charge in [0, 0.05) is 0 Å². The summed E-state index contributed by atoms with van der Waals surface area (Å²) in [4.78, 5) is 0. The maximum Gasteiger partial charge on any atom is 0.420 e. The zero-order valence-corrected chi connectivity index (χ0v) is 17.4. The number of rotatable bonds is 6. The third kappa shape index (κ3) is 10.6. The minimum Gasteiger partial charge on any atom is -0.437 e. The van der Waals surface area contributed by atoms with Crippen molar-refractivity contribution < 1.29 is 12.3 Å². The van der Waals surface area contributed by atoms with E-state index in [2.05, 4.69) is 39.3 Å². The maximum atomic E-state index is 6.43. The second kappa shape index (κ2) is 5.57. The molecule has 0 spiro atoms. The molecule has 104 valence electrons. The molecule has 0 aliphatic heterocycles. The second-order valence-corrected chi connectivity index (χ2v) is 24.2. The van der Waals surface area contributed by atoms with Crippen molar-refractivity contribution in [2.75, 3.05) is 0 Å². The third-order valence-corrected chi connectivity index (χ3v) is 14.6. The van der Waals surface area contributed by atoms with Crippen molar-refractivity contribution in [2.45, 2.75) is 58.9 Å². The van der Waals surface area contributed by atoms with Gasteiger partial charge in [-0.05, 0) is 58.9 Å². The SMILES string of the molecule is C[Si](C)(C)O[Si](C)(C)O[Si](C)(Cl)O[Si](C)(C)C. The van der Waals surface area contributed by atoms with E-state index in [9.17, 15) is 0 Å². The summed E-state index contributed by atoms with van der Waals surface area (Å²) in [6.45, 7) is 18.9. The third-order valence-electron chi connectivity index (χ3n) is 1.47. The standard InChI is InChI=1S/C9H27ClO3Si4/c1-14(2,3)11-16(7,8)13-17(9,10)12-15(4,5)6/h1-9H3. The average molecular weight is 331 g/mol. The Morgan fingerprint density at radius 2 is 0.941 bits per heavy atom. The molecule has 0 saturated heterocycles. The normalized spacial score (nSPS) is 18.0. The zero-order chi connectivity index (χ0) is 14.1. The van der Waals surface area contributed by atoms with Gasteiger partial charge in [0.1, 0.15) is 0 Å². The van der Waals surface area contributed by atoms with Crippen molar-refractivity contribution in [1.29, 1.82) is 0 Å². The van der Waals surface area contributed by atoms with Gasteiger partial charge in [0.05, 0.1) is 0 Å². The second-order valence-electron chi connectivity index (χ2n) is 6.77. The molecule has 17 heavy (non-hydrogen) atoms. The molecule has 0 rings (SSSR count). The molecule has 1 atom stereocenters. The van der Waals surface area contributed by atoms with Gasteiger partial charge in [-0.25, -0.2) is 0 Å². The van der Waals surface area contributed by atoms with Gasteiger partial charge in [0.25, 0.3) is 0 Å². The van der Waals surface area contributed by atoms with Crippen molar-refractivity contribution in [2.24, 2.45) is 0 Å². The van der Waals surface area contributed by atoms with Crippen LogP contribution in [0.3, 0.4) is 0 Å². The highest BCUT2D eigenvalue weighted by Crippen LogP contribution is 2.26. The Balaban J connectivity index is 4.59. The fourth-order valence-corrected chi connectivity index (χ4v) is 20.4. The van der Waals surface area contributed by atoms with Crippen LogP contribution in [-0.4, -0.2) is 33.1 Å². The summed E-state index contributed by atoms with van der Waals surface area (Å²) in [7, 11) is -8.03. The molecule has 0 radical (unpaired) electrons. The summed E-state index contributed by atoms with van der Waals surface area (Å²) in [6, 6.07) is 0. The highest BCUT2D eigenvalue weighted by molar-refractivity contribution is 7.17. The first-order chi connectivity index (χ1) is 7.12.